The number of nitriles is 1. The van der Waals surface area contributed by atoms with Crippen LogP contribution < -0.4 is 10.5 Å². The van der Waals surface area contributed by atoms with Crippen molar-refractivity contribution in [3.05, 3.63) is 68.6 Å². The smallest absolute Gasteiger partial charge is 0.252 e. The summed E-state index contributed by atoms with van der Waals surface area (Å²) in [6.45, 7) is 3.94. The van der Waals surface area contributed by atoms with Gasteiger partial charge in [-0.15, -0.1) is 0 Å². The van der Waals surface area contributed by atoms with Gasteiger partial charge < -0.3 is 9.47 Å². The van der Waals surface area contributed by atoms with E-state index in [1.807, 2.05) is 11.8 Å². The molecule has 3 aromatic rings. The van der Waals surface area contributed by atoms with E-state index >= 15 is 0 Å². The topological polar surface area (TPSA) is 65.2 Å². The molecular weight excluding hydrogens is 436 g/mol. The fourth-order valence-electron chi connectivity index (χ4n) is 4.26. The minimum absolute atomic E-state index is 0.0157. The lowest BCUT2D eigenvalue weighted by atomic mass is 10.1. The number of aromatic nitrogens is 2. The lowest BCUT2D eigenvalue weighted by Crippen LogP contribution is -2.53. The number of fused-ring (bicyclic) bond motifs is 1. The van der Waals surface area contributed by atoms with Gasteiger partial charge in [0.1, 0.15) is 28.9 Å². The van der Waals surface area contributed by atoms with Gasteiger partial charge in [0.25, 0.3) is 5.56 Å². The van der Waals surface area contributed by atoms with Crippen LogP contribution in [0.15, 0.2) is 35.1 Å². The van der Waals surface area contributed by atoms with Crippen LogP contribution in [0.1, 0.15) is 24.6 Å². The monoisotopic (exact) mass is 457 g/mol. The minimum Gasteiger partial charge on any atom is -0.364 e. The summed E-state index contributed by atoms with van der Waals surface area (Å²) in [5, 5.41) is 9.10. The summed E-state index contributed by atoms with van der Waals surface area (Å²) in [5.74, 6) is -1.17. The van der Waals surface area contributed by atoms with Crippen molar-refractivity contribution in [3.63, 3.8) is 0 Å². The molecular formula is C23H22ClF2N5O. The van der Waals surface area contributed by atoms with Crippen LogP contribution >= 0.6 is 11.6 Å². The Balaban J connectivity index is 1.67. The van der Waals surface area contributed by atoms with Gasteiger partial charge in [-0.25, -0.2) is 13.8 Å². The molecule has 0 N–H and O–H groups in total. The van der Waals surface area contributed by atoms with Crippen molar-refractivity contribution < 1.29 is 8.78 Å². The van der Waals surface area contributed by atoms with Gasteiger partial charge in [-0.2, -0.15) is 5.26 Å². The van der Waals surface area contributed by atoms with Crippen LogP contribution in [-0.4, -0.2) is 40.1 Å². The zero-order valence-electron chi connectivity index (χ0n) is 17.8. The molecule has 6 nitrogen and oxygen atoms in total. The Labute approximate surface area is 189 Å². The number of benzene rings is 1. The average Bonchev–Trinajstić information content (AvgIpc) is 2.81. The van der Waals surface area contributed by atoms with Crippen LogP contribution in [0.25, 0.3) is 11.0 Å². The molecule has 1 aliphatic rings. The lowest BCUT2D eigenvalue weighted by molar-refractivity contribution is 0.210. The first-order valence-corrected chi connectivity index (χ1v) is 10.7. The number of halogens is 3. The molecule has 2 aromatic heterocycles. The van der Waals surface area contributed by atoms with E-state index in [1.165, 1.54) is 4.57 Å². The van der Waals surface area contributed by atoms with E-state index in [0.29, 0.717) is 36.4 Å². The maximum absolute atomic E-state index is 14.3. The molecule has 1 fully saturated rings. The van der Waals surface area contributed by atoms with Gasteiger partial charge in [0.15, 0.2) is 0 Å². The van der Waals surface area contributed by atoms with Crippen molar-refractivity contribution in [1.29, 1.82) is 5.26 Å². The Morgan fingerprint density at radius 3 is 2.69 bits per heavy atom. The van der Waals surface area contributed by atoms with Gasteiger partial charge >= 0.3 is 0 Å². The zero-order chi connectivity index (χ0) is 23.0. The average molecular weight is 458 g/mol. The maximum Gasteiger partial charge on any atom is 0.252 e. The Morgan fingerprint density at radius 1 is 1.22 bits per heavy atom. The molecule has 166 valence electrons. The Bertz CT molecular complexity index is 1290. The second kappa shape index (κ2) is 8.85. The van der Waals surface area contributed by atoms with Crippen LogP contribution in [0.3, 0.4) is 0 Å². The third kappa shape index (κ3) is 3.94. The van der Waals surface area contributed by atoms with E-state index in [-0.39, 0.29) is 34.4 Å². The molecule has 0 spiro atoms. The van der Waals surface area contributed by atoms with Crippen LogP contribution in [0, 0.1) is 23.0 Å². The maximum atomic E-state index is 14.3. The first-order chi connectivity index (χ1) is 15.3. The normalized spacial score (nSPS) is 17.0. The van der Waals surface area contributed by atoms with Crippen molar-refractivity contribution in [2.24, 2.45) is 7.05 Å². The van der Waals surface area contributed by atoms with Crippen molar-refractivity contribution >= 4 is 28.3 Å². The molecule has 32 heavy (non-hydrogen) atoms. The van der Waals surface area contributed by atoms with Gasteiger partial charge in [0, 0.05) is 50.9 Å². The van der Waals surface area contributed by atoms with Crippen LogP contribution in [-0.2, 0) is 13.6 Å². The molecule has 3 heterocycles. The number of hydrogen-bond acceptors (Lipinski definition) is 5. The molecule has 4 rings (SSSR count). The molecule has 1 aromatic carbocycles. The number of rotatable bonds is 4. The van der Waals surface area contributed by atoms with Crippen LogP contribution in [0.2, 0.25) is 5.02 Å². The number of pyridine rings is 2. The molecule has 1 unspecified atom stereocenters. The molecule has 1 atom stereocenters. The van der Waals surface area contributed by atoms with E-state index in [9.17, 15) is 18.8 Å². The van der Waals surface area contributed by atoms with Gasteiger partial charge in [-0.05, 0) is 30.7 Å². The Morgan fingerprint density at radius 2 is 1.97 bits per heavy atom. The van der Waals surface area contributed by atoms with Crippen LogP contribution in [0.4, 0.5) is 14.5 Å². The standard InChI is InChI=1S/C23H22ClF2N5O/c1-3-15-12-30(13-16-17(25)5-6-18(26)22(16)24)8-9-31(15)20-10-21(32)29(2)19-7-4-14(11-27)28-23(19)20/h4-7,10,15H,3,8-9,12-13H2,1-2H3. The quantitative estimate of drug-likeness (QED) is 0.557. The Hall–Kier alpha value is -3.02. The first kappa shape index (κ1) is 22.2. The van der Waals surface area contributed by atoms with Crippen molar-refractivity contribution in [2.45, 2.75) is 25.9 Å². The van der Waals surface area contributed by atoms with E-state index in [0.717, 1.165) is 18.6 Å². The summed E-state index contributed by atoms with van der Waals surface area (Å²) in [7, 11) is 1.68. The van der Waals surface area contributed by atoms with Crippen molar-refractivity contribution in [1.82, 2.24) is 14.5 Å². The largest absolute Gasteiger partial charge is 0.364 e. The van der Waals surface area contributed by atoms with Gasteiger partial charge in [-0.3, -0.25) is 9.69 Å². The highest BCUT2D eigenvalue weighted by Crippen LogP contribution is 2.30. The summed E-state index contributed by atoms with van der Waals surface area (Å²) in [5.41, 5.74) is 2.19. The predicted octanol–water partition coefficient (Wildman–Crippen LogP) is 3.84. The van der Waals surface area contributed by atoms with E-state index < -0.39 is 11.6 Å². The van der Waals surface area contributed by atoms with Gasteiger partial charge in [0.2, 0.25) is 0 Å². The van der Waals surface area contributed by atoms with Gasteiger partial charge in [0.05, 0.1) is 16.2 Å². The SMILES string of the molecule is CCC1CN(Cc2c(F)ccc(F)c2Cl)CCN1c1cc(=O)n(C)c2ccc(C#N)nc12. The number of aryl methyl sites for hydroxylation is 1. The third-order valence-electron chi connectivity index (χ3n) is 6.05. The number of piperazine rings is 1. The number of anilines is 1. The second-order valence-electron chi connectivity index (χ2n) is 7.92. The van der Waals surface area contributed by atoms with Crippen molar-refractivity contribution in [3.8, 4) is 6.07 Å². The Kier molecular flexibility index (Phi) is 6.13. The summed E-state index contributed by atoms with van der Waals surface area (Å²) in [4.78, 5) is 21.2. The van der Waals surface area contributed by atoms with Crippen molar-refractivity contribution in [2.75, 3.05) is 24.5 Å². The molecule has 1 saturated heterocycles. The highest BCUT2D eigenvalue weighted by atomic mass is 35.5. The fourth-order valence-corrected chi connectivity index (χ4v) is 4.47. The molecule has 0 radical (unpaired) electrons. The van der Waals surface area contributed by atoms with Crippen LogP contribution in [0.5, 0.6) is 0 Å². The summed E-state index contributed by atoms with van der Waals surface area (Å²) < 4.78 is 29.6. The molecule has 9 heteroatoms. The zero-order valence-corrected chi connectivity index (χ0v) is 18.5. The number of hydrogen-bond donors (Lipinski definition) is 0. The first-order valence-electron chi connectivity index (χ1n) is 10.4. The fraction of sp³-hybridized carbons (Fsp3) is 0.348. The van der Waals surface area contributed by atoms with E-state index in [1.54, 1.807) is 25.2 Å². The number of nitrogens with zero attached hydrogens (tertiary/aromatic N) is 5. The van der Waals surface area contributed by atoms with E-state index in [4.69, 9.17) is 11.6 Å². The molecule has 0 amide bonds. The molecule has 0 saturated carbocycles. The lowest BCUT2D eigenvalue weighted by Gasteiger charge is -2.43. The van der Waals surface area contributed by atoms with E-state index in [2.05, 4.69) is 16.0 Å². The minimum atomic E-state index is -0.639. The highest BCUT2D eigenvalue weighted by molar-refractivity contribution is 6.31. The predicted molar refractivity (Wildman–Crippen MR) is 120 cm³/mol. The molecule has 0 aliphatic carbocycles. The third-order valence-corrected chi connectivity index (χ3v) is 6.46. The summed E-state index contributed by atoms with van der Waals surface area (Å²) in [6.07, 6.45) is 0.768. The van der Waals surface area contributed by atoms with Gasteiger partial charge in [-0.1, -0.05) is 18.5 Å². The highest BCUT2D eigenvalue weighted by Gasteiger charge is 2.29. The molecule has 0 bridgehead atoms. The summed E-state index contributed by atoms with van der Waals surface area (Å²) >= 11 is 6.01. The summed E-state index contributed by atoms with van der Waals surface area (Å²) in [6, 6.07) is 9.07. The molecule has 1 aliphatic heterocycles. The second-order valence-corrected chi connectivity index (χ2v) is 8.29.